The Morgan fingerprint density at radius 3 is 2.48 bits per heavy atom. The van der Waals surface area contributed by atoms with Gasteiger partial charge < -0.3 is 9.47 Å². The molecule has 1 aromatic rings. The Morgan fingerprint density at radius 1 is 1.17 bits per heavy atom. The third kappa shape index (κ3) is 9.25. The molecule has 0 saturated carbocycles. The molecule has 0 heterocycles. The summed E-state index contributed by atoms with van der Waals surface area (Å²) in [4.78, 5) is 0. The number of rotatable bonds is 11. The zero-order valence-corrected chi connectivity index (χ0v) is 15.2. The lowest BCUT2D eigenvalue weighted by Crippen LogP contribution is -2.07. The van der Waals surface area contributed by atoms with Crippen molar-refractivity contribution < 1.29 is 9.47 Å². The van der Waals surface area contributed by atoms with Crippen molar-refractivity contribution in [2.24, 2.45) is 0 Å². The number of benzene rings is 1. The summed E-state index contributed by atoms with van der Waals surface area (Å²) in [5.41, 5.74) is 3.94. The Morgan fingerprint density at radius 2 is 1.87 bits per heavy atom. The highest BCUT2D eigenvalue weighted by Gasteiger charge is 2.02. The second-order valence-electron chi connectivity index (χ2n) is 6.41. The van der Waals surface area contributed by atoms with Crippen LogP contribution in [0.25, 0.3) is 0 Å². The zero-order valence-electron chi connectivity index (χ0n) is 15.2. The van der Waals surface area contributed by atoms with E-state index >= 15 is 0 Å². The molecular weight excluding hydrogens is 284 g/mol. The first-order valence-corrected chi connectivity index (χ1v) is 8.55. The number of ether oxygens (including phenoxy) is 2. The Bertz CT molecular complexity index is 485. The molecule has 0 radical (unpaired) electrons. The molecular formula is C21H32O2. The van der Waals surface area contributed by atoms with Crippen LogP contribution in [-0.2, 0) is 11.3 Å². The van der Waals surface area contributed by atoms with Gasteiger partial charge in [-0.2, -0.15) is 0 Å². The number of methoxy groups -OCH3 is 1. The van der Waals surface area contributed by atoms with Crippen LogP contribution >= 0.6 is 0 Å². The largest absolute Gasteiger partial charge is 0.497 e. The Hall–Kier alpha value is -1.54. The first-order chi connectivity index (χ1) is 11.0. The summed E-state index contributed by atoms with van der Waals surface area (Å²) >= 11 is 0. The molecule has 0 bridgehead atoms. The molecule has 0 N–H and O–H groups in total. The molecule has 0 saturated heterocycles. The van der Waals surface area contributed by atoms with E-state index in [1.54, 1.807) is 7.11 Å². The van der Waals surface area contributed by atoms with E-state index in [1.165, 1.54) is 29.6 Å². The number of allylic oxidation sites excluding steroid dienone is 3. The minimum Gasteiger partial charge on any atom is -0.497 e. The van der Waals surface area contributed by atoms with Gasteiger partial charge in [-0.05, 0) is 70.6 Å². The van der Waals surface area contributed by atoms with Crippen LogP contribution in [0.5, 0.6) is 5.75 Å². The second-order valence-corrected chi connectivity index (χ2v) is 6.41. The highest BCUT2D eigenvalue weighted by molar-refractivity contribution is 5.26. The average molecular weight is 316 g/mol. The standard InChI is InChI=1S/C21H32O2/c1-17(2)8-6-9-18(3)10-7-11-19(4)23-16-20-12-14-21(22-5)15-13-20/h10,12-15,19H,1,6-9,11,16H2,2-5H3. The van der Waals surface area contributed by atoms with Crippen LogP contribution < -0.4 is 4.74 Å². The predicted octanol–water partition coefficient (Wildman–Crippen LogP) is 6.07. The van der Waals surface area contributed by atoms with Gasteiger partial charge in [0, 0.05) is 0 Å². The predicted molar refractivity (Wildman–Crippen MR) is 98.9 cm³/mol. The quantitative estimate of drug-likeness (QED) is 0.461. The molecule has 2 heteroatoms. The monoisotopic (exact) mass is 316 g/mol. The summed E-state index contributed by atoms with van der Waals surface area (Å²) in [5, 5.41) is 0. The van der Waals surface area contributed by atoms with Gasteiger partial charge in [0.2, 0.25) is 0 Å². The van der Waals surface area contributed by atoms with E-state index in [2.05, 4.69) is 45.6 Å². The lowest BCUT2D eigenvalue weighted by Gasteiger charge is -2.12. The molecule has 128 valence electrons. The third-order valence-electron chi connectivity index (χ3n) is 3.93. The molecule has 1 aromatic carbocycles. The Kier molecular flexibility index (Phi) is 9.39. The van der Waals surface area contributed by atoms with E-state index in [0.717, 1.165) is 25.0 Å². The fraction of sp³-hybridized carbons (Fsp3) is 0.524. The normalized spacial score (nSPS) is 13.0. The summed E-state index contributed by atoms with van der Waals surface area (Å²) in [6, 6.07) is 8.05. The Labute approximate surface area is 142 Å². The molecule has 0 spiro atoms. The number of hydrogen-bond acceptors (Lipinski definition) is 2. The topological polar surface area (TPSA) is 18.5 Å². The molecule has 1 unspecified atom stereocenters. The molecule has 0 aliphatic carbocycles. The van der Waals surface area contributed by atoms with E-state index < -0.39 is 0 Å². The van der Waals surface area contributed by atoms with Crippen molar-refractivity contribution in [2.75, 3.05) is 7.11 Å². The minimum absolute atomic E-state index is 0.275. The van der Waals surface area contributed by atoms with Gasteiger partial charge in [0.25, 0.3) is 0 Å². The van der Waals surface area contributed by atoms with Gasteiger partial charge in [0.1, 0.15) is 5.75 Å². The fourth-order valence-electron chi connectivity index (χ4n) is 2.38. The van der Waals surface area contributed by atoms with Crippen molar-refractivity contribution in [1.29, 1.82) is 0 Å². The fourth-order valence-corrected chi connectivity index (χ4v) is 2.38. The Balaban J connectivity index is 2.20. The van der Waals surface area contributed by atoms with Gasteiger partial charge in [-0.25, -0.2) is 0 Å². The number of hydrogen-bond donors (Lipinski definition) is 0. The third-order valence-corrected chi connectivity index (χ3v) is 3.93. The first-order valence-electron chi connectivity index (χ1n) is 8.55. The van der Waals surface area contributed by atoms with Crippen molar-refractivity contribution in [3.8, 4) is 5.75 Å². The van der Waals surface area contributed by atoms with E-state index in [-0.39, 0.29) is 6.10 Å². The second kappa shape index (κ2) is 11.1. The van der Waals surface area contributed by atoms with E-state index in [9.17, 15) is 0 Å². The van der Waals surface area contributed by atoms with Crippen molar-refractivity contribution in [1.82, 2.24) is 0 Å². The summed E-state index contributed by atoms with van der Waals surface area (Å²) in [6.45, 7) is 11.1. The molecule has 0 fully saturated rings. The summed E-state index contributed by atoms with van der Waals surface area (Å²) < 4.78 is 11.1. The molecule has 0 aliphatic rings. The highest BCUT2D eigenvalue weighted by Crippen LogP contribution is 2.15. The van der Waals surface area contributed by atoms with Crippen LogP contribution in [0.3, 0.4) is 0 Å². The lowest BCUT2D eigenvalue weighted by molar-refractivity contribution is 0.0482. The molecule has 0 amide bonds. The van der Waals surface area contributed by atoms with Crippen LogP contribution in [0, 0.1) is 0 Å². The van der Waals surface area contributed by atoms with Gasteiger partial charge in [-0.1, -0.05) is 29.4 Å². The maximum absolute atomic E-state index is 5.91. The molecule has 1 rings (SSSR count). The van der Waals surface area contributed by atoms with E-state index in [4.69, 9.17) is 9.47 Å². The van der Waals surface area contributed by atoms with Gasteiger partial charge >= 0.3 is 0 Å². The van der Waals surface area contributed by atoms with Gasteiger partial charge in [-0.15, -0.1) is 6.58 Å². The van der Waals surface area contributed by atoms with Crippen molar-refractivity contribution in [2.45, 2.75) is 65.6 Å². The van der Waals surface area contributed by atoms with Gasteiger partial charge in [0.05, 0.1) is 19.8 Å². The van der Waals surface area contributed by atoms with E-state index in [0.29, 0.717) is 6.61 Å². The average Bonchev–Trinajstić information content (AvgIpc) is 2.53. The maximum Gasteiger partial charge on any atom is 0.118 e. The SMILES string of the molecule is C=C(C)CCCC(C)=CCCC(C)OCc1ccc(OC)cc1. The molecule has 23 heavy (non-hydrogen) atoms. The summed E-state index contributed by atoms with van der Waals surface area (Å²) in [5.74, 6) is 0.883. The van der Waals surface area contributed by atoms with Crippen molar-refractivity contribution in [3.05, 3.63) is 53.6 Å². The van der Waals surface area contributed by atoms with Crippen LogP contribution in [0.2, 0.25) is 0 Å². The molecule has 1 atom stereocenters. The van der Waals surface area contributed by atoms with Gasteiger partial charge in [-0.3, -0.25) is 0 Å². The zero-order chi connectivity index (χ0) is 17.1. The van der Waals surface area contributed by atoms with Gasteiger partial charge in [0.15, 0.2) is 0 Å². The highest BCUT2D eigenvalue weighted by atomic mass is 16.5. The van der Waals surface area contributed by atoms with E-state index in [1.807, 2.05) is 12.1 Å². The summed E-state index contributed by atoms with van der Waals surface area (Å²) in [7, 11) is 1.68. The first kappa shape index (κ1) is 19.5. The minimum atomic E-state index is 0.275. The molecule has 0 aliphatic heterocycles. The van der Waals surface area contributed by atoms with Crippen LogP contribution in [0.4, 0.5) is 0 Å². The van der Waals surface area contributed by atoms with Crippen LogP contribution in [0.15, 0.2) is 48.1 Å². The van der Waals surface area contributed by atoms with Crippen LogP contribution in [0.1, 0.15) is 58.4 Å². The molecule has 2 nitrogen and oxygen atoms in total. The lowest BCUT2D eigenvalue weighted by atomic mass is 10.1. The van der Waals surface area contributed by atoms with Crippen molar-refractivity contribution in [3.63, 3.8) is 0 Å². The maximum atomic E-state index is 5.91. The van der Waals surface area contributed by atoms with Crippen LogP contribution in [-0.4, -0.2) is 13.2 Å². The van der Waals surface area contributed by atoms with Crippen molar-refractivity contribution >= 4 is 0 Å². The summed E-state index contributed by atoms with van der Waals surface area (Å²) in [6.07, 6.45) is 8.29. The molecule has 0 aromatic heterocycles. The smallest absolute Gasteiger partial charge is 0.118 e.